The lowest BCUT2D eigenvalue weighted by Crippen LogP contribution is -2.46. The van der Waals surface area contributed by atoms with Crippen LogP contribution in [0.25, 0.3) is 0 Å². The van der Waals surface area contributed by atoms with Gasteiger partial charge in [-0.1, -0.05) is 30.3 Å². The standard InChI is InChI=1S/C19H28N4/c1-17(16-23-12-5-11-20-23)21-19-9-14-22(15-10-19)13-8-18-6-3-2-4-7-18/h2-7,11-12,17,19,21H,8-10,13-16H2,1H3/t17-/m1/s1. The van der Waals surface area contributed by atoms with Crippen LogP contribution in [0.2, 0.25) is 0 Å². The van der Waals surface area contributed by atoms with Gasteiger partial charge >= 0.3 is 0 Å². The maximum Gasteiger partial charge on any atom is 0.0560 e. The maximum atomic E-state index is 4.28. The molecule has 124 valence electrons. The summed E-state index contributed by atoms with van der Waals surface area (Å²) in [5.41, 5.74) is 1.44. The van der Waals surface area contributed by atoms with Crippen molar-refractivity contribution in [2.45, 2.75) is 44.8 Å². The minimum Gasteiger partial charge on any atom is -0.310 e. The quantitative estimate of drug-likeness (QED) is 0.853. The molecular weight excluding hydrogens is 284 g/mol. The van der Waals surface area contributed by atoms with Crippen molar-refractivity contribution in [3.63, 3.8) is 0 Å². The number of aromatic nitrogens is 2. The molecule has 0 amide bonds. The molecule has 23 heavy (non-hydrogen) atoms. The molecule has 0 saturated carbocycles. The van der Waals surface area contributed by atoms with Crippen LogP contribution >= 0.6 is 0 Å². The first-order valence-electron chi connectivity index (χ1n) is 8.79. The van der Waals surface area contributed by atoms with Crippen LogP contribution in [0.5, 0.6) is 0 Å². The first-order valence-corrected chi connectivity index (χ1v) is 8.79. The predicted molar refractivity (Wildman–Crippen MR) is 94.4 cm³/mol. The molecule has 2 heterocycles. The summed E-state index contributed by atoms with van der Waals surface area (Å²) in [4.78, 5) is 2.60. The van der Waals surface area contributed by atoms with Gasteiger partial charge in [0.1, 0.15) is 0 Å². The van der Waals surface area contributed by atoms with Gasteiger partial charge in [-0.15, -0.1) is 0 Å². The molecule has 2 aromatic rings. The molecule has 0 spiro atoms. The van der Waals surface area contributed by atoms with Gasteiger partial charge in [0.25, 0.3) is 0 Å². The van der Waals surface area contributed by atoms with E-state index in [0.29, 0.717) is 12.1 Å². The van der Waals surface area contributed by atoms with Crippen LogP contribution in [0, 0.1) is 0 Å². The zero-order valence-corrected chi connectivity index (χ0v) is 14.1. The molecule has 3 rings (SSSR count). The number of benzene rings is 1. The SMILES string of the molecule is C[C@H](Cn1cccn1)NC1CCN(CCc2ccccc2)CC1. The van der Waals surface area contributed by atoms with Crippen LogP contribution in [0.3, 0.4) is 0 Å². The largest absolute Gasteiger partial charge is 0.310 e. The fraction of sp³-hybridized carbons (Fsp3) is 0.526. The van der Waals surface area contributed by atoms with Crippen molar-refractivity contribution >= 4 is 0 Å². The smallest absolute Gasteiger partial charge is 0.0560 e. The minimum atomic E-state index is 0.468. The van der Waals surface area contributed by atoms with Gasteiger partial charge in [-0.3, -0.25) is 4.68 Å². The van der Waals surface area contributed by atoms with Crippen LogP contribution < -0.4 is 5.32 Å². The van der Waals surface area contributed by atoms with Gasteiger partial charge in [-0.25, -0.2) is 0 Å². The zero-order valence-electron chi connectivity index (χ0n) is 14.1. The minimum absolute atomic E-state index is 0.468. The summed E-state index contributed by atoms with van der Waals surface area (Å²) in [6.45, 7) is 6.79. The first-order chi connectivity index (χ1) is 11.3. The molecule has 1 aliphatic heterocycles. The summed E-state index contributed by atoms with van der Waals surface area (Å²) in [5.74, 6) is 0. The van der Waals surface area contributed by atoms with E-state index in [1.807, 2.05) is 23.1 Å². The van der Waals surface area contributed by atoms with E-state index in [0.717, 1.165) is 13.0 Å². The van der Waals surface area contributed by atoms with Crippen molar-refractivity contribution < 1.29 is 0 Å². The number of hydrogen-bond acceptors (Lipinski definition) is 3. The molecule has 0 unspecified atom stereocenters. The fourth-order valence-corrected chi connectivity index (χ4v) is 3.40. The van der Waals surface area contributed by atoms with E-state index in [-0.39, 0.29) is 0 Å². The normalized spacial score (nSPS) is 18.1. The van der Waals surface area contributed by atoms with Crippen molar-refractivity contribution in [1.82, 2.24) is 20.0 Å². The Bertz CT molecular complexity index is 544. The lowest BCUT2D eigenvalue weighted by Gasteiger charge is -2.34. The Balaban J connectivity index is 1.35. The number of piperidine rings is 1. The van der Waals surface area contributed by atoms with E-state index in [4.69, 9.17) is 0 Å². The molecule has 0 aliphatic carbocycles. The van der Waals surface area contributed by atoms with Gasteiger partial charge < -0.3 is 10.2 Å². The summed E-state index contributed by atoms with van der Waals surface area (Å²) >= 11 is 0. The highest BCUT2D eigenvalue weighted by Gasteiger charge is 2.20. The second kappa shape index (κ2) is 8.27. The van der Waals surface area contributed by atoms with Crippen molar-refractivity contribution in [3.8, 4) is 0 Å². The molecule has 1 saturated heterocycles. The van der Waals surface area contributed by atoms with E-state index in [9.17, 15) is 0 Å². The van der Waals surface area contributed by atoms with Crippen molar-refractivity contribution in [1.29, 1.82) is 0 Å². The van der Waals surface area contributed by atoms with Crippen LogP contribution in [-0.2, 0) is 13.0 Å². The predicted octanol–water partition coefficient (Wildman–Crippen LogP) is 2.57. The van der Waals surface area contributed by atoms with Gasteiger partial charge in [0.15, 0.2) is 0 Å². The summed E-state index contributed by atoms with van der Waals surface area (Å²) < 4.78 is 2.01. The Morgan fingerprint density at radius 2 is 1.96 bits per heavy atom. The summed E-state index contributed by atoms with van der Waals surface area (Å²) in [6.07, 6.45) is 7.54. The number of nitrogens with zero attached hydrogens (tertiary/aromatic N) is 3. The number of rotatable bonds is 7. The molecule has 0 bridgehead atoms. The van der Waals surface area contributed by atoms with E-state index in [2.05, 4.69) is 52.6 Å². The van der Waals surface area contributed by atoms with Gasteiger partial charge in [0.05, 0.1) is 6.54 Å². The molecule has 0 radical (unpaired) electrons. The fourth-order valence-electron chi connectivity index (χ4n) is 3.40. The van der Waals surface area contributed by atoms with Crippen LogP contribution in [0.4, 0.5) is 0 Å². The molecule has 1 N–H and O–H groups in total. The Kier molecular flexibility index (Phi) is 5.83. The van der Waals surface area contributed by atoms with Crippen molar-refractivity contribution in [2.75, 3.05) is 19.6 Å². The number of nitrogens with one attached hydrogen (secondary N) is 1. The van der Waals surface area contributed by atoms with Crippen LogP contribution in [0.1, 0.15) is 25.3 Å². The average molecular weight is 312 g/mol. The van der Waals surface area contributed by atoms with E-state index in [1.165, 1.54) is 38.0 Å². The monoisotopic (exact) mass is 312 g/mol. The van der Waals surface area contributed by atoms with E-state index in [1.54, 1.807) is 0 Å². The van der Waals surface area contributed by atoms with Crippen LogP contribution in [-0.4, -0.2) is 46.4 Å². The molecule has 1 aromatic carbocycles. The summed E-state index contributed by atoms with van der Waals surface area (Å²) in [7, 11) is 0. The summed E-state index contributed by atoms with van der Waals surface area (Å²) in [5, 5.41) is 8.05. The highest BCUT2D eigenvalue weighted by atomic mass is 15.3. The highest BCUT2D eigenvalue weighted by Crippen LogP contribution is 2.12. The number of hydrogen-bond donors (Lipinski definition) is 1. The maximum absolute atomic E-state index is 4.28. The zero-order chi connectivity index (χ0) is 15.9. The van der Waals surface area contributed by atoms with Gasteiger partial charge in [-0.05, 0) is 50.9 Å². The van der Waals surface area contributed by atoms with E-state index < -0.39 is 0 Å². The lowest BCUT2D eigenvalue weighted by molar-refractivity contribution is 0.191. The Morgan fingerprint density at radius 3 is 2.65 bits per heavy atom. The third kappa shape index (κ3) is 5.19. The Hall–Kier alpha value is -1.65. The second-order valence-electron chi connectivity index (χ2n) is 6.65. The van der Waals surface area contributed by atoms with Gasteiger partial charge in [-0.2, -0.15) is 5.10 Å². The Morgan fingerprint density at radius 1 is 1.17 bits per heavy atom. The van der Waals surface area contributed by atoms with Crippen molar-refractivity contribution in [3.05, 3.63) is 54.4 Å². The highest BCUT2D eigenvalue weighted by molar-refractivity contribution is 5.14. The van der Waals surface area contributed by atoms with Gasteiger partial charge in [0.2, 0.25) is 0 Å². The van der Waals surface area contributed by atoms with Gasteiger partial charge in [0, 0.05) is 31.0 Å². The number of likely N-dealkylation sites (tertiary alicyclic amines) is 1. The third-order valence-corrected chi connectivity index (χ3v) is 4.69. The van der Waals surface area contributed by atoms with Crippen molar-refractivity contribution in [2.24, 2.45) is 0 Å². The average Bonchev–Trinajstić information content (AvgIpc) is 3.08. The molecule has 4 nitrogen and oxygen atoms in total. The molecule has 4 heteroatoms. The lowest BCUT2D eigenvalue weighted by atomic mass is 10.0. The molecule has 1 aliphatic rings. The Labute approximate surface area is 139 Å². The third-order valence-electron chi connectivity index (χ3n) is 4.69. The topological polar surface area (TPSA) is 33.1 Å². The molecule has 1 atom stereocenters. The second-order valence-corrected chi connectivity index (χ2v) is 6.65. The van der Waals surface area contributed by atoms with Crippen LogP contribution in [0.15, 0.2) is 48.8 Å². The van der Waals surface area contributed by atoms with E-state index >= 15 is 0 Å². The molecule has 1 aromatic heterocycles. The first kappa shape index (κ1) is 16.2. The summed E-state index contributed by atoms with van der Waals surface area (Å²) in [6, 6.07) is 13.9. The molecule has 1 fully saturated rings. The molecular formula is C19H28N4.